The van der Waals surface area contributed by atoms with E-state index in [-0.39, 0.29) is 5.91 Å². The summed E-state index contributed by atoms with van der Waals surface area (Å²) in [5.74, 6) is 1.27. The molecule has 1 saturated heterocycles. The van der Waals surface area contributed by atoms with Crippen LogP contribution in [0.5, 0.6) is 5.75 Å². The van der Waals surface area contributed by atoms with Gasteiger partial charge in [0.2, 0.25) is 0 Å². The van der Waals surface area contributed by atoms with Gasteiger partial charge in [-0.2, -0.15) is 0 Å². The smallest absolute Gasteiger partial charge is 0.257 e. The fourth-order valence-corrected chi connectivity index (χ4v) is 2.71. The monoisotopic (exact) mass is 247 g/mol. The molecule has 1 aromatic carbocycles. The van der Waals surface area contributed by atoms with E-state index in [1.165, 1.54) is 0 Å². The maximum atomic E-state index is 12.6. The second-order valence-corrected chi connectivity index (χ2v) is 5.15. The highest BCUT2D eigenvalue weighted by molar-refractivity contribution is 5.97. The zero-order valence-electron chi connectivity index (χ0n) is 11.3. The first kappa shape index (κ1) is 12.9. The van der Waals surface area contributed by atoms with Crippen LogP contribution in [-0.4, -0.2) is 30.5 Å². The Morgan fingerprint density at radius 3 is 2.78 bits per heavy atom. The van der Waals surface area contributed by atoms with E-state index in [2.05, 4.69) is 13.8 Å². The summed E-state index contributed by atoms with van der Waals surface area (Å²) in [4.78, 5) is 14.6. The van der Waals surface area contributed by atoms with Gasteiger partial charge in [0.05, 0.1) is 12.7 Å². The molecule has 2 rings (SSSR count). The average Bonchev–Trinajstić information content (AvgIpc) is 2.87. The molecule has 0 bridgehead atoms. The van der Waals surface area contributed by atoms with Crippen molar-refractivity contribution in [3.63, 3.8) is 0 Å². The molecule has 1 aliphatic rings. The molecule has 1 aromatic rings. The molecule has 0 aromatic heterocycles. The van der Waals surface area contributed by atoms with E-state index >= 15 is 0 Å². The number of likely N-dealkylation sites (tertiary alicyclic amines) is 1. The lowest BCUT2D eigenvalue weighted by Gasteiger charge is -2.28. The van der Waals surface area contributed by atoms with E-state index in [4.69, 9.17) is 4.74 Å². The van der Waals surface area contributed by atoms with Crippen LogP contribution in [0.3, 0.4) is 0 Å². The maximum absolute atomic E-state index is 12.6. The number of para-hydroxylation sites is 1. The minimum absolute atomic E-state index is 0.101. The molecular weight excluding hydrogens is 226 g/mol. The summed E-state index contributed by atoms with van der Waals surface area (Å²) in [6.45, 7) is 5.22. The summed E-state index contributed by atoms with van der Waals surface area (Å²) in [6, 6.07) is 7.82. The van der Waals surface area contributed by atoms with Gasteiger partial charge in [0.1, 0.15) is 5.75 Å². The highest BCUT2D eigenvalue weighted by Gasteiger charge is 2.32. The Morgan fingerprint density at radius 2 is 2.11 bits per heavy atom. The van der Waals surface area contributed by atoms with Gasteiger partial charge < -0.3 is 9.64 Å². The Bertz CT molecular complexity index is 428. The van der Waals surface area contributed by atoms with Gasteiger partial charge in [0.25, 0.3) is 5.91 Å². The number of rotatable bonds is 3. The van der Waals surface area contributed by atoms with Crippen LogP contribution in [0.1, 0.15) is 37.0 Å². The van der Waals surface area contributed by atoms with Crippen LogP contribution < -0.4 is 4.74 Å². The molecule has 0 N–H and O–H groups in total. The van der Waals surface area contributed by atoms with Crippen LogP contribution >= 0.6 is 0 Å². The fourth-order valence-electron chi connectivity index (χ4n) is 2.71. The molecule has 1 amide bonds. The first-order chi connectivity index (χ1) is 8.65. The molecule has 1 aliphatic heterocycles. The quantitative estimate of drug-likeness (QED) is 0.822. The van der Waals surface area contributed by atoms with E-state index in [1.54, 1.807) is 7.11 Å². The molecule has 3 nitrogen and oxygen atoms in total. The van der Waals surface area contributed by atoms with Crippen molar-refractivity contribution < 1.29 is 9.53 Å². The number of methoxy groups -OCH3 is 1. The van der Waals surface area contributed by atoms with E-state index in [0.29, 0.717) is 23.3 Å². The van der Waals surface area contributed by atoms with Crippen molar-refractivity contribution in [2.45, 2.75) is 32.7 Å². The first-order valence-electron chi connectivity index (χ1n) is 6.59. The minimum atomic E-state index is 0.101. The fraction of sp³-hybridized carbons (Fsp3) is 0.533. The summed E-state index contributed by atoms with van der Waals surface area (Å²) < 4.78 is 5.27. The molecule has 18 heavy (non-hydrogen) atoms. The number of benzene rings is 1. The lowest BCUT2D eigenvalue weighted by atomic mass is 10.0. The molecule has 1 unspecified atom stereocenters. The summed E-state index contributed by atoms with van der Waals surface area (Å²) in [5.41, 5.74) is 0.674. The van der Waals surface area contributed by atoms with Crippen molar-refractivity contribution in [1.29, 1.82) is 0 Å². The van der Waals surface area contributed by atoms with Crippen LogP contribution in [-0.2, 0) is 0 Å². The molecular formula is C15H21NO2. The first-order valence-corrected chi connectivity index (χ1v) is 6.59. The number of carbonyl (C=O) groups excluding carboxylic acids is 1. The molecule has 0 saturated carbocycles. The number of carbonyl (C=O) groups is 1. The Morgan fingerprint density at radius 1 is 1.39 bits per heavy atom. The zero-order valence-corrected chi connectivity index (χ0v) is 11.3. The Kier molecular flexibility index (Phi) is 3.90. The normalized spacial score (nSPS) is 19.3. The summed E-state index contributed by atoms with van der Waals surface area (Å²) in [7, 11) is 1.61. The van der Waals surface area contributed by atoms with Gasteiger partial charge in [-0.3, -0.25) is 4.79 Å². The topological polar surface area (TPSA) is 29.5 Å². The predicted octanol–water partition coefficient (Wildman–Crippen LogP) is 2.96. The van der Waals surface area contributed by atoms with Crippen LogP contribution in [0.15, 0.2) is 24.3 Å². The molecule has 0 radical (unpaired) electrons. The number of hydrogen-bond donors (Lipinski definition) is 0. The van der Waals surface area contributed by atoms with Crippen molar-refractivity contribution >= 4 is 5.91 Å². The predicted molar refractivity (Wildman–Crippen MR) is 71.9 cm³/mol. The molecule has 0 aliphatic carbocycles. The Balaban J connectivity index is 2.25. The van der Waals surface area contributed by atoms with E-state index in [9.17, 15) is 4.79 Å². The third-order valence-electron chi connectivity index (χ3n) is 3.67. The molecule has 1 fully saturated rings. The maximum Gasteiger partial charge on any atom is 0.257 e. The molecule has 1 atom stereocenters. The van der Waals surface area contributed by atoms with Crippen molar-refractivity contribution in [1.82, 2.24) is 4.90 Å². The van der Waals surface area contributed by atoms with Crippen molar-refractivity contribution in [3.8, 4) is 5.75 Å². The molecule has 1 heterocycles. The minimum Gasteiger partial charge on any atom is -0.496 e. The van der Waals surface area contributed by atoms with Gasteiger partial charge in [-0.05, 0) is 30.9 Å². The van der Waals surface area contributed by atoms with E-state index in [1.807, 2.05) is 29.2 Å². The van der Waals surface area contributed by atoms with Crippen LogP contribution in [0.4, 0.5) is 0 Å². The Hall–Kier alpha value is -1.51. The summed E-state index contributed by atoms with van der Waals surface area (Å²) in [5, 5.41) is 0. The second-order valence-electron chi connectivity index (χ2n) is 5.15. The van der Waals surface area contributed by atoms with Gasteiger partial charge in [-0.25, -0.2) is 0 Å². The molecule has 98 valence electrons. The van der Waals surface area contributed by atoms with Gasteiger partial charge in [0.15, 0.2) is 0 Å². The van der Waals surface area contributed by atoms with Crippen molar-refractivity contribution in [2.75, 3.05) is 13.7 Å². The standard InChI is InChI=1S/C15H21NO2/c1-11(2)13-8-6-10-16(13)15(17)12-7-4-5-9-14(12)18-3/h4-5,7,9,11,13H,6,8,10H2,1-3H3. The number of hydrogen-bond acceptors (Lipinski definition) is 2. The van der Waals surface area contributed by atoms with Crippen LogP contribution in [0, 0.1) is 5.92 Å². The number of ether oxygens (including phenoxy) is 1. The lowest BCUT2D eigenvalue weighted by Crippen LogP contribution is -2.38. The van der Waals surface area contributed by atoms with Gasteiger partial charge in [-0.15, -0.1) is 0 Å². The van der Waals surface area contributed by atoms with Crippen molar-refractivity contribution in [3.05, 3.63) is 29.8 Å². The molecule has 3 heteroatoms. The number of amides is 1. The summed E-state index contributed by atoms with van der Waals surface area (Å²) >= 11 is 0. The zero-order chi connectivity index (χ0) is 13.1. The van der Waals surface area contributed by atoms with E-state index in [0.717, 1.165) is 19.4 Å². The van der Waals surface area contributed by atoms with Gasteiger partial charge >= 0.3 is 0 Å². The Labute approximate surface area is 109 Å². The highest BCUT2D eigenvalue weighted by atomic mass is 16.5. The van der Waals surface area contributed by atoms with Crippen LogP contribution in [0.25, 0.3) is 0 Å². The lowest BCUT2D eigenvalue weighted by molar-refractivity contribution is 0.0698. The van der Waals surface area contributed by atoms with E-state index < -0.39 is 0 Å². The highest BCUT2D eigenvalue weighted by Crippen LogP contribution is 2.28. The third-order valence-corrected chi connectivity index (χ3v) is 3.67. The number of nitrogens with zero attached hydrogens (tertiary/aromatic N) is 1. The summed E-state index contributed by atoms with van der Waals surface area (Å²) in [6.07, 6.45) is 2.21. The average molecular weight is 247 g/mol. The SMILES string of the molecule is COc1ccccc1C(=O)N1CCCC1C(C)C. The van der Waals surface area contributed by atoms with Crippen molar-refractivity contribution in [2.24, 2.45) is 5.92 Å². The van der Waals surface area contributed by atoms with Gasteiger partial charge in [0, 0.05) is 12.6 Å². The van der Waals surface area contributed by atoms with Crippen LogP contribution in [0.2, 0.25) is 0 Å². The van der Waals surface area contributed by atoms with Gasteiger partial charge in [-0.1, -0.05) is 26.0 Å². The largest absolute Gasteiger partial charge is 0.496 e. The third kappa shape index (κ3) is 2.35. The second kappa shape index (κ2) is 5.42. The molecule has 0 spiro atoms.